The Hall–Kier alpha value is -3.59. The topological polar surface area (TPSA) is 84.2 Å². The zero-order chi connectivity index (χ0) is 22.7. The zero-order valence-corrected chi connectivity index (χ0v) is 19.1. The van der Waals surface area contributed by atoms with Gasteiger partial charge in [0.05, 0.1) is 33.0 Å². The molecule has 2 aromatic heterocycles. The quantitative estimate of drug-likeness (QED) is 0.405. The molecule has 0 N–H and O–H groups in total. The van der Waals surface area contributed by atoms with E-state index in [2.05, 4.69) is 10.1 Å². The van der Waals surface area contributed by atoms with Crippen LogP contribution in [0.25, 0.3) is 11.0 Å². The minimum Gasteiger partial charge on any atom is -0.497 e. The number of hydrogen-bond donors (Lipinski definition) is 0. The van der Waals surface area contributed by atoms with E-state index in [9.17, 15) is 4.79 Å². The maximum atomic E-state index is 12.7. The van der Waals surface area contributed by atoms with Crippen molar-refractivity contribution in [3.05, 3.63) is 68.2 Å². The average molecular weight is 454 g/mol. The molecule has 0 saturated heterocycles. The van der Waals surface area contributed by atoms with Crippen LogP contribution in [0, 0.1) is 0 Å². The Morgan fingerprint density at radius 1 is 0.938 bits per heavy atom. The van der Waals surface area contributed by atoms with Gasteiger partial charge in [-0.3, -0.25) is 4.79 Å². The first-order valence-electron chi connectivity index (χ1n) is 9.89. The van der Waals surface area contributed by atoms with Crippen molar-refractivity contribution in [2.24, 2.45) is 0 Å². The van der Waals surface area contributed by atoms with E-state index in [1.165, 1.54) is 15.9 Å². The first kappa shape index (κ1) is 21.6. The van der Waals surface area contributed by atoms with Crippen molar-refractivity contribution in [3.63, 3.8) is 0 Å². The second-order valence-corrected chi connectivity index (χ2v) is 7.95. The summed E-state index contributed by atoms with van der Waals surface area (Å²) in [5, 5.41) is 4.41. The summed E-state index contributed by atoms with van der Waals surface area (Å²) in [4.78, 5) is 17.9. The number of aromatic nitrogens is 3. The van der Waals surface area contributed by atoms with Crippen molar-refractivity contribution in [1.82, 2.24) is 14.6 Å². The van der Waals surface area contributed by atoms with Gasteiger partial charge >= 0.3 is 0 Å². The van der Waals surface area contributed by atoms with E-state index in [-0.39, 0.29) is 5.56 Å². The smallest absolute Gasteiger partial charge is 0.291 e. The molecule has 0 radical (unpaired) electrons. The highest BCUT2D eigenvalue weighted by Gasteiger charge is 2.15. The van der Waals surface area contributed by atoms with Crippen LogP contribution in [0.5, 0.6) is 23.0 Å². The molecule has 4 aromatic rings. The number of benzene rings is 2. The molecule has 4 rings (SSSR count). The zero-order valence-electron chi connectivity index (χ0n) is 18.2. The van der Waals surface area contributed by atoms with Crippen LogP contribution in [0.3, 0.4) is 0 Å². The molecule has 2 aromatic carbocycles. The maximum Gasteiger partial charge on any atom is 0.291 e. The Labute approximate surface area is 188 Å². The Bertz CT molecular complexity index is 1320. The van der Waals surface area contributed by atoms with Gasteiger partial charge in [0.15, 0.2) is 17.3 Å². The van der Waals surface area contributed by atoms with Crippen LogP contribution < -0.4 is 29.0 Å². The molecule has 0 saturated carbocycles. The molecule has 0 fully saturated rings. The summed E-state index contributed by atoms with van der Waals surface area (Å²) in [5.41, 5.74) is 1.73. The summed E-state index contributed by atoms with van der Waals surface area (Å²) in [7, 11) is 6.36. The molecular weight excluding hydrogens is 430 g/mol. The summed E-state index contributed by atoms with van der Waals surface area (Å²) in [6, 6.07) is 11.3. The molecule has 166 valence electrons. The van der Waals surface area contributed by atoms with Gasteiger partial charge in [-0.15, -0.1) is 5.10 Å². The molecule has 0 atom stereocenters. The van der Waals surface area contributed by atoms with Crippen LogP contribution in [0.1, 0.15) is 17.0 Å². The van der Waals surface area contributed by atoms with Crippen molar-refractivity contribution in [1.29, 1.82) is 0 Å². The average Bonchev–Trinajstić information content (AvgIpc) is 3.35. The molecule has 9 heteroatoms. The van der Waals surface area contributed by atoms with E-state index >= 15 is 0 Å². The maximum absolute atomic E-state index is 12.7. The van der Waals surface area contributed by atoms with Gasteiger partial charge in [0, 0.05) is 6.42 Å². The Morgan fingerprint density at radius 2 is 1.62 bits per heavy atom. The standard InChI is InChI=1S/C23H23N3O5S/c1-28-16-8-5-14(6-9-16)13-19-22(27)26-23(32-19)24-20(25-26)10-7-15-11-17(29-2)21(31-4)18(12-15)30-3/h5-6,8-9,11-13H,7,10H2,1-4H3/b19-13-. The van der Waals surface area contributed by atoms with E-state index in [0.717, 1.165) is 16.9 Å². The predicted octanol–water partition coefficient (Wildman–Crippen LogP) is 2.52. The molecule has 0 spiro atoms. The highest BCUT2D eigenvalue weighted by molar-refractivity contribution is 7.15. The lowest BCUT2D eigenvalue weighted by molar-refractivity contribution is 0.324. The SMILES string of the molecule is COc1ccc(/C=c2\sc3nc(CCc4cc(OC)c(OC)c(OC)c4)nn3c2=O)cc1. The van der Waals surface area contributed by atoms with Gasteiger partial charge in [-0.2, -0.15) is 4.52 Å². The molecule has 0 amide bonds. The lowest BCUT2D eigenvalue weighted by Crippen LogP contribution is -2.23. The summed E-state index contributed by atoms with van der Waals surface area (Å²) in [6.07, 6.45) is 3.07. The fraction of sp³-hybridized carbons (Fsp3) is 0.261. The third-order valence-corrected chi connectivity index (χ3v) is 5.96. The van der Waals surface area contributed by atoms with Gasteiger partial charge in [-0.1, -0.05) is 23.5 Å². The second kappa shape index (κ2) is 9.27. The summed E-state index contributed by atoms with van der Waals surface area (Å²) < 4.78 is 23.3. The fourth-order valence-electron chi connectivity index (χ4n) is 3.37. The van der Waals surface area contributed by atoms with Crippen LogP contribution >= 0.6 is 11.3 Å². The fourth-order valence-corrected chi connectivity index (χ4v) is 4.29. The first-order valence-corrected chi connectivity index (χ1v) is 10.7. The van der Waals surface area contributed by atoms with E-state index in [0.29, 0.717) is 45.4 Å². The molecular formula is C23H23N3O5S. The lowest BCUT2D eigenvalue weighted by atomic mass is 10.1. The van der Waals surface area contributed by atoms with Gasteiger partial charge in [0.2, 0.25) is 10.7 Å². The predicted molar refractivity (Wildman–Crippen MR) is 122 cm³/mol. The van der Waals surface area contributed by atoms with Crippen molar-refractivity contribution in [2.45, 2.75) is 12.8 Å². The Kier molecular flexibility index (Phi) is 6.27. The number of fused-ring (bicyclic) bond motifs is 1. The van der Waals surface area contributed by atoms with Crippen molar-refractivity contribution in [3.8, 4) is 23.0 Å². The number of hydrogen-bond acceptors (Lipinski definition) is 8. The molecule has 0 aliphatic carbocycles. The van der Waals surface area contributed by atoms with Crippen molar-refractivity contribution >= 4 is 22.4 Å². The number of ether oxygens (including phenoxy) is 4. The van der Waals surface area contributed by atoms with Gasteiger partial charge < -0.3 is 18.9 Å². The van der Waals surface area contributed by atoms with Crippen LogP contribution in [-0.2, 0) is 12.8 Å². The van der Waals surface area contributed by atoms with E-state index < -0.39 is 0 Å². The third-order valence-electron chi connectivity index (χ3n) is 5.00. The minimum atomic E-state index is -0.174. The second-order valence-electron chi connectivity index (χ2n) is 6.94. The van der Waals surface area contributed by atoms with Gasteiger partial charge in [0.25, 0.3) is 5.56 Å². The molecule has 8 nitrogen and oxygen atoms in total. The monoisotopic (exact) mass is 453 g/mol. The number of nitrogens with zero attached hydrogens (tertiary/aromatic N) is 3. The van der Waals surface area contributed by atoms with Crippen molar-refractivity contribution < 1.29 is 18.9 Å². The van der Waals surface area contributed by atoms with Gasteiger partial charge in [0.1, 0.15) is 5.75 Å². The normalized spacial score (nSPS) is 11.7. The largest absolute Gasteiger partial charge is 0.497 e. The Morgan fingerprint density at radius 3 is 2.19 bits per heavy atom. The van der Waals surface area contributed by atoms with Crippen LogP contribution in [-0.4, -0.2) is 43.0 Å². The summed E-state index contributed by atoms with van der Waals surface area (Å²) in [6.45, 7) is 0. The van der Waals surface area contributed by atoms with E-state index in [4.69, 9.17) is 18.9 Å². The molecule has 0 aliphatic heterocycles. The van der Waals surface area contributed by atoms with Crippen molar-refractivity contribution in [2.75, 3.05) is 28.4 Å². The lowest BCUT2D eigenvalue weighted by Gasteiger charge is -2.13. The number of aryl methyl sites for hydroxylation is 2. The number of methoxy groups -OCH3 is 4. The number of rotatable bonds is 8. The van der Waals surface area contributed by atoms with Crippen LogP contribution in [0.2, 0.25) is 0 Å². The molecule has 0 unspecified atom stereocenters. The molecule has 0 bridgehead atoms. The van der Waals surface area contributed by atoms with E-state index in [1.54, 1.807) is 28.4 Å². The molecule has 0 aliphatic rings. The van der Waals surface area contributed by atoms with Gasteiger partial charge in [-0.25, -0.2) is 4.98 Å². The Balaban J connectivity index is 1.55. The van der Waals surface area contributed by atoms with E-state index in [1.807, 2.05) is 42.5 Å². The van der Waals surface area contributed by atoms with Crippen LogP contribution in [0.4, 0.5) is 0 Å². The van der Waals surface area contributed by atoms with Gasteiger partial charge in [-0.05, 0) is 47.9 Å². The first-order chi connectivity index (χ1) is 15.6. The minimum absolute atomic E-state index is 0.174. The summed E-state index contributed by atoms with van der Waals surface area (Å²) >= 11 is 1.32. The van der Waals surface area contributed by atoms with Crippen LogP contribution in [0.15, 0.2) is 41.2 Å². The number of thiazole rings is 1. The highest BCUT2D eigenvalue weighted by atomic mass is 32.1. The highest BCUT2D eigenvalue weighted by Crippen LogP contribution is 2.38. The molecule has 2 heterocycles. The third kappa shape index (κ3) is 4.24. The summed E-state index contributed by atoms with van der Waals surface area (Å²) in [5.74, 6) is 3.13. The molecule has 32 heavy (non-hydrogen) atoms.